The molecule has 3 N–H and O–H groups in total. The number of primary amides is 1. The lowest BCUT2D eigenvalue weighted by Crippen LogP contribution is -2.17. The summed E-state index contributed by atoms with van der Waals surface area (Å²) < 4.78 is 33.3. The zero-order chi connectivity index (χ0) is 22.8. The monoisotopic (exact) mass is 434 g/mol. The highest BCUT2D eigenvalue weighted by Gasteiger charge is 2.17. The van der Waals surface area contributed by atoms with Crippen LogP contribution in [0.4, 0.5) is 14.5 Å². The minimum Gasteiger partial charge on any atom is -0.416 e. The van der Waals surface area contributed by atoms with Crippen LogP contribution in [0.25, 0.3) is 22.9 Å². The first kappa shape index (κ1) is 20.9. The zero-order valence-electron chi connectivity index (χ0n) is 16.7. The molecule has 4 rings (SSSR count). The predicted molar refractivity (Wildman–Crippen MR) is 113 cm³/mol. The Morgan fingerprint density at radius 1 is 0.938 bits per heavy atom. The standard InChI is InChI=1S/C23H16F2N4O3/c1-12-4-2-3-5-15(12)23-29-28-22(32-23)14-8-6-13(7-9-14)21(31)27-19-10-16(20(26)30)17(24)11-18(19)25/h2-11H,1H3,(H2,26,30)(H,27,31). The van der Waals surface area contributed by atoms with E-state index in [0.717, 1.165) is 17.2 Å². The van der Waals surface area contributed by atoms with Crippen molar-refractivity contribution in [3.63, 3.8) is 0 Å². The third kappa shape index (κ3) is 4.08. The molecule has 160 valence electrons. The summed E-state index contributed by atoms with van der Waals surface area (Å²) >= 11 is 0. The first-order valence-corrected chi connectivity index (χ1v) is 9.43. The average molecular weight is 434 g/mol. The fourth-order valence-electron chi connectivity index (χ4n) is 3.05. The second kappa shape index (κ2) is 8.38. The van der Waals surface area contributed by atoms with E-state index in [1.165, 1.54) is 12.1 Å². The van der Waals surface area contributed by atoms with Gasteiger partial charge in [0.2, 0.25) is 11.8 Å². The Morgan fingerprint density at radius 3 is 2.31 bits per heavy atom. The first-order valence-electron chi connectivity index (χ1n) is 9.43. The number of nitrogens with zero attached hydrogens (tertiary/aromatic N) is 2. The van der Waals surface area contributed by atoms with Gasteiger partial charge in [-0.25, -0.2) is 8.78 Å². The molecule has 4 aromatic rings. The maximum absolute atomic E-state index is 14.0. The molecule has 1 aromatic heterocycles. The molecular weight excluding hydrogens is 418 g/mol. The molecule has 9 heteroatoms. The van der Waals surface area contributed by atoms with Gasteiger partial charge in [-0.3, -0.25) is 9.59 Å². The maximum Gasteiger partial charge on any atom is 0.255 e. The van der Waals surface area contributed by atoms with Crippen molar-refractivity contribution in [2.45, 2.75) is 6.92 Å². The van der Waals surface area contributed by atoms with Crippen molar-refractivity contribution in [2.24, 2.45) is 5.73 Å². The number of benzene rings is 3. The molecule has 0 aliphatic heterocycles. The van der Waals surface area contributed by atoms with Gasteiger partial charge in [0.1, 0.15) is 11.6 Å². The van der Waals surface area contributed by atoms with Crippen LogP contribution >= 0.6 is 0 Å². The fraction of sp³-hybridized carbons (Fsp3) is 0.0435. The van der Waals surface area contributed by atoms with Gasteiger partial charge < -0.3 is 15.5 Å². The molecular formula is C23H16F2N4O3. The Morgan fingerprint density at radius 2 is 1.62 bits per heavy atom. The van der Waals surface area contributed by atoms with E-state index in [2.05, 4.69) is 15.5 Å². The minimum absolute atomic E-state index is 0.191. The van der Waals surface area contributed by atoms with Crippen LogP contribution in [0.2, 0.25) is 0 Å². The number of aromatic nitrogens is 2. The van der Waals surface area contributed by atoms with E-state index in [-0.39, 0.29) is 17.1 Å². The van der Waals surface area contributed by atoms with E-state index < -0.39 is 29.0 Å². The minimum atomic E-state index is -1.11. The van der Waals surface area contributed by atoms with Gasteiger partial charge in [0.05, 0.1) is 11.3 Å². The van der Waals surface area contributed by atoms with Crippen molar-refractivity contribution in [3.8, 4) is 22.9 Å². The first-order chi connectivity index (χ1) is 15.3. The van der Waals surface area contributed by atoms with Gasteiger partial charge >= 0.3 is 0 Å². The van der Waals surface area contributed by atoms with Gasteiger partial charge in [0.25, 0.3) is 11.8 Å². The predicted octanol–water partition coefficient (Wildman–Crippen LogP) is 4.34. The van der Waals surface area contributed by atoms with Gasteiger partial charge in [-0.05, 0) is 48.9 Å². The van der Waals surface area contributed by atoms with Gasteiger partial charge in [-0.1, -0.05) is 18.2 Å². The number of carbonyl (C=O) groups excluding carboxylic acids is 2. The van der Waals surface area contributed by atoms with Crippen molar-refractivity contribution < 1.29 is 22.8 Å². The van der Waals surface area contributed by atoms with Crippen LogP contribution in [-0.2, 0) is 0 Å². The van der Waals surface area contributed by atoms with E-state index >= 15 is 0 Å². The topological polar surface area (TPSA) is 111 Å². The van der Waals surface area contributed by atoms with E-state index in [0.29, 0.717) is 17.5 Å². The van der Waals surface area contributed by atoms with Gasteiger partial charge in [-0.15, -0.1) is 10.2 Å². The van der Waals surface area contributed by atoms with E-state index in [4.69, 9.17) is 10.2 Å². The Balaban J connectivity index is 1.54. The third-order valence-electron chi connectivity index (χ3n) is 4.76. The quantitative estimate of drug-likeness (QED) is 0.485. The molecule has 0 saturated carbocycles. The van der Waals surface area contributed by atoms with E-state index in [9.17, 15) is 18.4 Å². The molecule has 32 heavy (non-hydrogen) atoms. The highest BCUT2D eigenvalue weighted by molar-refractivity contribution is 6.05. The fourth-order valence-corrected chi connectivity index (χ4v) is 3.05. The average Bonchev–Trinajstić information content (AvgIpc) is 3.25. The van der Waals surface area contributed by atoms with Crippen LogP contribution in [0.15, 0.2) is 65.1 Å². The number of amides is 2. The lowest BCUT2D eigenvalue weighted by Gasteiger charge is -2.09. The highest BCUT2D eigenvalue weighted by atomic mass is 19.1. The number of hydrogen-bond acceptors (Lipinski definition) is 5. The molecule has 0 aliphatic rings. The van der Waals surface area contributed by atoms with E-state index in [1.54, 1.807) is 12.1 Å². The summed E-state index contributed by atoms with van der Waals surface area (Å²) in [4.78, 5) is 23.7. The molecule has 0 bridgehead atoms. The van der Waals surface area contributed by atoms with Crippen LogP contribution in [-0.4, -0.2) is 22.0 Å². The van der Waals surface area contributed by atoms with Crippen LogP contribution in [0.3, 0.4) is 0 Å². The van der Waals surface area contributed by atoms with Crippen LogP contribution < -0.4 is 11.1 Å². The van der Waals surface area contributed by atoms with Crippen LogP contribution in [0.5, 0.6) is 0 Å². The number of anilines is 1. The van der Waals surface area contributed by atoms with Crippen LogP contribution in [0.1, 0.15) is 26.3 Å². The highest BCUT2D eigenvalue weighted by Crippen LogP contribution is 2.26. The number of nitrogens with one attached hydrogen (secondary N) is 1. The van der Waals surface area contributed by atoms with Crippen LogP contribution in [0, 0.1) is 18.6 Å². The summed E-state index contributed by atoms with van der Waals surface area (Å²) in [6.07, 6.45) is 0. The Hall–Kier alpha value is -4.40. The SMILES string of the molecule is Cc1ccccc1-c1nnc(-c2ccc(C(=O)Nc3cc(C(N)=O)c(F)cc3F)cc2)o1. The second-order valence-corrected chi connectivity index (χ2v) is 6.93. The Kier molecular flexibility index (Phi) is 5.46. The number of carbonyl (C=O) groups is 2. The lowest BCUT2D eigenvalue weighted by molar-refractivity contribution is 0.0992. The molecule has 2 amide bonds. The van der Waals surface area contributed by atoms with E-state index in [1.807, 2.05) is 31.2 Å². The number of aryl methyl sites for hydroxylation is 1. The van der Waals surface area contributed by atoms with Gasteiger partial charge in [-0.2, -0.15) is 0 Å². The second-order valence-electron chi connectivity index (χ2n) is 6.93. The maximum atomic E-state index is 14.0. The number of nitrogens with two attached hydrogens (primary N) is 1. The number of rotatable bonds is 5. The van der Waals surface area contributed by atoms with Crippen molar-refractivity contribution in [3.05, 3.63) is 89.0 Å². The van der Waals surface area contributed by atoms with Crippen molar-refractivity contribution in [1.29, 1.82) is 0 Å². The van der Waals surface area contributed by atoms with Gasteiger partial charge in [0, 0.05) is 22.8 Å². The van der Waals surface area contributed by atoms with Crippen molar-refractivity contribution in [2.75, 3.05) is 5.32 Å². The number of halogens is 2. The van der Waals surface area contributed by atoms with Gasteiger partial charge in [0.15, 0.2) is 0 Å². The van der Waals surface area contributed by atoms with Crippen molar-refractivity contribution >= 4 is 17.5 Å². The Labute approximate surface area is 180 Å². The Bertz CT molecular complexity index is 1330. The molecule has 0 radical (unpaired) electrons. The molecule has 0 spiro atoms. The molecule has 0 atom stereocenters. The molecule has 3 aromatic carbocycles. The largest absolute Gasteiger partial charge is 0.416 e. The summed E-state index contributed by atoms with van der Waals surface area (Å²) in [5, 5.41) is 10.4. The third-order valence-corrected chi connectivity index (χ3v) is 4.76. The molecule has 0 saturated heterocycles. The summed E-state index contributed by atoms with van der Waals surface area (Å²) in [6.45, 7) is 1.93. The summed E-state index contributed by atoms with van der Waals surface area (Å²) in [5.74, 6) is -3.24. The molecule has 0 unspecified atom stereocenters. The lowest BCUT2D eigenvalue weighted by atomic mass is 10.1. The van der Waals surface area contributed by atoms with Crippen molar-refractivity contribution in [1.82, 2.24) is 10.2 Å². The molecule has 7 nitrogen and oxygen atoms in total. The zero-order valence-corrected chi connectivity index (χ0v) is 16.7. The summed E-state index contributed by atoms with van der Waals surface area (Å²) in [7, 11) is 0. The normalized spacial score (nSPS) is 10.7. The number of hydrogen-bond donors (Lipinski definition) is 2. The molecule has 0 fully saturated rings. The summed E-state index contributed by atoms with van der Waals surface area (Å²) in [6, 6.07) is 15.1. The molecule has 1 heterocycles. The molecule has 0 aliphatic carbocycles. The summed E-state index contributed by atoms with van der Waals surface area (Å²) in [5.41, 5.74) is 6.74. The smallest absolute Gasteiger partial charge is 0.255 e.